The predicted molar refractivity (Wildman–Crippen MR) is 107 cm³/mol. The third kappa shape index (κ3) is 6.67. The van der Waals surface area contributed by atoms with Crippen molar-refractivity contribution < 1.29 is 8.42 Å². The molecule has 0 aliphatic carbocycles. The van der Waals surface area contributed by atoms with Crippen molar-refractivity contribution in [2.45, 2.75) is 18.8 Å². The molecule has 3 N–H and O–H groups in total. The molecule has 0 heterocycles. The average molecular weight is 395 g/mol. The van der Waals surface area contributed by atoms with Crippen LogP contribution in [-0.2, 0) is 28.9 Å². The summed E-state index contributed by atoms with van der Waals surface area (Å²) < 4.78 is 25.7. The Kier molecular flexibility index (Phi) is 7.44. The van der Waals surface area contributed by atoms with Crippen molar-refractivity contribution in [1.29, 1.82) is 0 Å². The minimum atomic E-state index is -3.28. The largest absolute Gasteiger partial charge is 0.352 e. The summed E-state index contributed by atoms with van der Waals surface area (Å²) in [6.45, 7) is 1.16. The van der Waals surface area contributed by atoms with Crippen LogP contribution in [-0.4, -0.2) is 28.5 Å². The lowest BCUT2D eigenvalue weighted by Gasteiger charge is -2.13. The smallest absolute Gasteiger partial charge is 0.215 e. The topological polar surface area (TPSA) is 82.6 Å². The normalized spacial score (nSPS) is 12.0. The fourth-order valence-corrected chi connectivity index (χ4v) is 3.20. The molecular formula is C18H23ClN4O2S. The lowest BCUT2D eigenvalue weighted by Crippen LogP contribution is -2.36. The van der Waals surface area contributed by atoms with Gasteiger partial charge >= 0.3 is 0 Å². The van der Waals surface area contributed by atoms with Crippen LogP contribution in [0, 0.1) is 0 Å². The molecule has 0 atom stereocenters. The van der Waals surface area contributed by atoms with Gasteiger partial charge in [0.25, 0.3) is 0 Å². The molecular weight excluding hydrogens is 372 g/mol. The van der Waals surface area contributed by atoms with Crippen LogP contribution in [0.25, 0.3) is 0 Å². The van der Waals surface area contributed by atoms with Gasteiger partial charge in [-0.1, -0.05) is 48.0 Å². The van der Waals surface area contributed by atoms with Crippen molar-refractivity contribution in [3.63, 3.8) is 0 Å². The maximum Gasteiger partial charge on any atom is 0.215 e. The molecule has 0 saturated heterocycles. The van der Waals surface area contributed by atoms with Crippen molar-refractivity contribution in [1.82, 2.24) is 15.4 Å². The van der Waals surface area contributed by atoms with Crippen molar-refractivity contribution in [3.05, 3.63) is 70.2 Å². The summed E-state index contributed by atoms with van der Waals surface area (Å²) >= 11 is 5.88. The molecule has 0 aromatic heterocycles. The molecule has 2 aromatic carbocycles. The first-order chi connectivity index (χ1) is 12.4. The summed E-state index contributed by atoms with van der Waals surface area (Å²) in [5, 5.41) is 7.15. The number of rotatable bonds is 7. The lowest BCUT2D eigenvalue weighted by atomic mass is 10.1. The molecule has 0 saturated carbocycles. The van der Waals surface area contributed by atoms with Gasteiger partial charge in [-0.05, 0) is 35.9 Å². The molecule has 140 valence electrons. The van der Waals surface area contributed by atoms with Gasteiger partial charge in [-0.25, -0.2) is 13.1 Å². The van der Waals surface area contributed by atoms with E-state index < -0.39 is 10.0 Å². The molecule has 26 heavy (non-hydrogen) atoms. The maximum absolute atomic E-state index is 11.7. The highest BCUT2D eigenvalue weighted by Crippen LogP contribution is 2.10. The van der Waals surface area contributed by atoms with Crippen molar-refractivity contribution >= 4 is 27.6 Å². The van der Waals surface area contributed by atoms with Crippen LogP contribution >= 0.6 is 11.6 Å². The second-order valence-corrected chi connectivity index (χ2v) is 8.05. The molecule has 0 bridgehead atoms. The van der Waals surface area contributed by atoms with Crippen LogP contribution in [0.4, 0.5) is 0 Å². The van der Waals surface area contributed by atoms with E-state index in [4.69, 9.17) is 11.6 Å². The summed E-state index contributed by atoms with van der Waals surface area (Å²) in [6, 6.07) is 15.1. The monoisotopic (exact) mass is 394 g/mol. The van der Waals surface area contributed by atoms with Crippen LogP contribution in [0.2, 0.25) is 5.02 Å². The van der Waals surface area contributed by atoms with Crippen LogP contribution in [0.3, 0.4) is 0 Å². The van der Waals surface area contributed by atoms with Crippen LogP contribution in [0.5, 0.6) is 0 Å². The number of benzene rings is 2. The zero-order chi connectivity index (χ0) is 19.0. The van der Waals surface area contributed by atoms with E-state index in [1.54, 1.807) is 13.1 Å². The molecule has 0 spiro atoms. The Morgan fingerprint density at radius 1 is 1.00 bits per heavy atom. The van der Waals surface area contributed by atoms with Gasteiger partial charge in [0.05, 0.1) is 5.75 Å². The van der Waals surface area contributed by atoms with E-state index >= 15 is 0 Å². The standard InChI is InChI=1S/C18H23ClN4O2S/c1-20-18(22-11-14-6-8-17(19)9-7-14)23-12-15-4-3-5-16(10-15)13-26(24,25)21-2/h3-10,21H,11-13H2,1-2H3,(H2,20,22,23). The van der Waals surface area contributed by atoms with E-state index in [2.05, 4.69) is 20.3 Å². The number of hydrogen-bond acceptors (Lipinski definition) is 3. The number of halogens is 1. The number of guanidine groups is 1. The Hall–Kier alpha value is -2.09. The minimum absolute atomic E-state index is 0.0408. The van der Waals surface area contributed by atoms with Gasteiger partial charge < -0.3 is 10.6 Å². The highest BCUT2D eigenvalue weighted by molar-refractivity contribution is 7.88. The summed E-state index contributed by atoms with van der Waals surface area (Å²) in [5.74, 6) is 0.620. The molecule has 0 radical (unpaired) electrons. The summed E-state index contributed by atoms with van der Waals surface area (Å²) in [7, 11) is -0.168. The molecule has 0 aliphatic heterocycles. The van der Waals surface area contributed by atoms with Gasteiger partial charge in [0.1, 0.15) is 0 Å². The molecule has 6 nitrogen and oxygen atoms in total. The van der Waals surface area contributed by atoms with E-state index in [0.717, 1.165) is 16.7 Å². The second-order valence-electron chi connectivity index (χ2n) is 5.69. The molecule has 8 heteroatoms. The highest BCUT2D eigenvalue weighted by atomic mass is 35.5. The Morgan fingerprint density at radius 2 is 1.62 bits per heavy atom. The van der Waals surface area contributed by atoms with Gasteiger partial charge in [0.15, 0.2) is 5.96 Å². The van der Waals surface area contributed by atoms with E-state index in [1.165, 1.54) is 7.05 Å². The zero-order valence-corrected chi connectivity index (χ0v) is 16.4. The number of nitrogens with zero attached hydrogens (tertiary/aromatic N) is 1. The molecule has 2 aromatic rings. The number of aliphatic imine (C=N–C) groups is 1. The molecule has 0 amide bonds. The third-order valence-electron chi connectivity index (χ3n) is 3.72. The van der Waals surface area contributed by atoms with Crippen molar-refractivity contribution in [3.8, 4) is 0 Å². The van der Waals surface area contributed by atoms with Gasteiger partial charge in [0.2, 0.25) is 10.0 Å². The number of sulfonamides is 1. The summed E-state index contributed by atoms with van der Waals surface area (Å²) in [4.78, 5) is 4.19. The van der Waals surface area contributed by atoms with Crippen LogP contribution in [0.15, 0.2) is 53.5 Å². The van der Waals surface area contributed by atoms with Crippen LogP contribution < -0.4 is 15.4 Å². The second kappa shape index (κ2) is 9.56. The number of nitrogens with one attached hydrogen (secondary N) is 3. The SMILES string of the molecule is CN=C(NCc1ccc(Cl)cc1)NCc1cccc(CS(=O)(=O)NC)c1. The third-order valence-corrected chi connectivity index (χ3v) is 5.30. The lowest BCUT2D eigenvalue weighted by molar-refractivity contribution is 0.587. The zero-order valence-electron chi connectivity index (χ0n) is 14.8. The van der Waals surface area contributed by atoms with Gasteiger partial charge in [0, 0.05) is 25.2 Å². The molecule has 0 unspecified atom stereocenters. The van der Waals surface area contributed by atoms with Gasteiger partial charge in [-0.15, -0.1) is 0 Å². The molecule has 2 rings (SSSR count). The Labute approximate surface area is 159 Å². The molecule has 0 fully saturated rings. The fourth-order valence-electron chi connectivity index (χ4n) is 2.32. The maximum atomic E-state index is 11.7. The predicted octanol–water partition coefficient (Wildman–Crippen LogP) is 2.25. The van der Waals surface area contributed by atoms with E-state index in [-0.39, 0.29) is 5.75 Å². The first kappa shape index (κ1) is 20.2. The minimum Gasteiger partial charge on any atom is -0.352 e. The van der Waals surface area contributed by atoms with E-state index in [9.17, 15) is 8.42 Å². The van der Waals surface area contributed by atoms with Crippen molar-refractivity contribution in [2.75, 3.05) is 14.1 Å². The van der Waals surface area contributed by atoms with Gasteiger partial charge in [-0.2, -0.15) is 0 Å². The highest BCUT2D eigenvalue weighted by Gasteiger charge is 2.09. The van der Waals surface area contributed by atoms with E-state index in [1.807, 2.05) is 42.5 Å². The first-order valence-corrected chi connectivity index (χ1v) is 10.1. The summed E-state index contributed by atoms with van der Waals surface area (Å²) in [6.07, 6.45) is 0. The Bertz CT molecular complexity index is 852. The summed E-state index contributed by atoms with van der Waals surface area (Å²) in [5.41, 5.74) is 2.81. The van der Waals surface area contributed by atoms with Crippen LogP contribution in [0.1, 0.15) is 16.7 Å². The Balaban J connectivity index is 1.90. The van der Waals surface area contributed by atoms with Crippen molar-refractivity contribution in [2.24, 2.45) is 4.99 Å². The first-order valence-electron chi connectivity index (χ1n) is 8.10. The fraction of sp³-hybridized carbons (Fsp3) is 0.278. The number of hydrogen-bond donors (Lipinski definition) is 3. The van der Waals surface area contributed by atoms with Gasteiger partial charge in [-0.3, -0.25) is 4.99 Å². The Morgan fingerprint density at radius 3 is 2.23 bits per heavy atom. The quantitative estimate of drug-likeness (QED) is 0.497. The molecule has 0 aliphatic rings. The average Bonchev–Trinajstić information content (AvgIpc) is 2.63. The van der Waals surface area contributed by atoms with E-state index in [0.29, 0.717) is 24.1 Å².